The van der Waals surface area contributed by atoms with Crippen LogP contribution in [-0.2, 0) is 16.1 Å². The number of nitrogens with zero attached hydrogens (tertiary/aromatic N) is 1. The lowest BCUT2D eigenvalue weighted by atomic mass is 9.94. The summed E-state index contributed by atoms with van der Waals surface area (Å²) in [6.07, 6.45) is 5.94. The third-order valence-corrected chi connectivity index (χ3v) is 5.01. The lowest BCUT2D eigenvalue weighted by Gasteiger charge is -2.36. The van der Waals surface area contributed by atoms with Crippen LogP contribution in [0, 0.1) is 0 Å². The molecule has 0 spiro atoms. The third-order valence-electron chi connectivity index (χ3n) is 4.26. The van der Waals surface area contributed by atoms with Gasteiger partial charge in [0.1, 0.15) is 6.54 Å². The van der Waals surface area contributed by atoms with Crippen LogP contribution < -0.4 is 5.32 Å². The summed E-state index contributed by atoms with van der Waals surface area (Å²) < 4.78 is 4.95. The lowest BCUT2D eigenvalue weighted by molar-refractivity contribution is -0.141. The fraction of sp³-hybridized carbons (Fsp3) is 0.556. The van der Waals surface area contributed by atoms with Gasteiger partial charge in [0.2, 0.25) is 0 Å². The Kier molecular flexibility index (Phi) is 7.79. The van der Waals surface area contributed by atoms with Crippen LogP contribution in [0.25, 0.3) is 0 Å². The third kappa shape index (κ3) is 5.64. The summed E-state index contributed by atoms with van der Waals surface area (Å²) in [4.78, 5) is 13.8. The number of hydrogen-bond acceptors (Lipinski definition) is 3. The summed E-state index contributed by atoms with van der Waals surface area (Å²) in [5.74, 6) is -0.291. The topological polar surface area (TPSA) is 41.6 Å². The molecule has 0 unspecified atom stereocenters. The molecule has 0 heterocycles. The zero-order valence-corrected chi connectivity index (χ0v) is 15.7. The van der Waals surface area contributed by atoms with Gasteiger partial charge in [-0.1, -0.05) is 49.1 Å². The summed E-state index contributed by atoms with van der Waals surface area (Å²) in [6.45, 7) is 2.92. The number of benzene rings is 1. The van der Waals surface area contributed by atoms with E-state index in [1.807, 2.05) is 24.3 Å². The Hall–Kier alpha value is -1.33. The molecular formula is C18H25ClN2O2S. The van der Waals surface area contributed by atoms with Crippen molar-refractivity contribution in [1.82, 2.24) is 10.2 Å². The van der Waals surface area contributed by atoms with E-state index >= 15 is 0 Å². The van der Waals surface area contributed by atoms with E-state index in [2.05, 4.69) is 10.2 Å². The van der Waals surface area contributed by atoms with Crippen molar-refractivity contribution in [3.05, 3.63) is 34.9 Å². The smallest absolute Gasteiger partial charge is 0.325 e. The van der Waals surface area contributed by atoms with Crippen LogP contribution in [-0.4, -0.2) is 35.2 Å². The average Bonchev–Trinajstić information content (AvgIpc) is 2.60. The fourth-order valence-electron chi connectivity index (χ4n) is 3.03. The van der Waals surface area contributed by atoms with Gasteiger partial charge in [-0.15, -0.1) is 0 Å². The number of thiocarbonyl (C=S) groups is 1. The summed E-state index contributed by atoms with van der Waals surface area (Å²) >= 11 is 11.9. The Morgan fingerprint density at radius 1 is 1.33 bits per heavy atom. The highest BCUT2D eigenvalue weighted by Crippen LogP contribution is 2.26. The lowest BCUT2D eigenvalue weighted by Crippen LogP contribution is -2.47. The van der Waals surface area contributed by atoms with Gasteiger partial charge in [-0.25, -0.2) is 0 Å². The standard InChI is InChI=1S/C18H25ClN2O2S/c1-2-23-17(22)12-20-18(24)21(15-9-4-3-5-10-15)13-14-8-6-7-11-16(14)19/h6-8,11,15H,2-5,9-10,12-13H2,1H3,(H,20,24). The van der Waals surface area contributed by atoms with E-state index in [9.17, 15) is 4.79 Å². The second kappa shape index (κ2) is 9.84. The van der Waals surface area contributed by atoms with Gasteiger partial charge < -0.3 is 15.0 Å². The molecule has 0 saturated heterocycles. The van der Waals surface area contributed by atoms with Gasteiger partial charge in [0.15, 0.2) is 5.11 Å². The number of ether oxygens (including phenoxy) is 1. The first-order valence-corrected chi connectivity index (χ1v) is 9.34. The van der Waals surface area contributed by atoms with Crippen molar-refractivity contribution in [2.24, 2.45) is 0 Å². The van der Waals surface area contributed by atoms with E-state index in [4.69, 9.17) is 28.6 Å². The van der Waals surface area contributed by atoms with Gasteiger partial charge >= 0.3 is 5.97 Å². The van der Waals surface area contributed by atoms with Crippen LogP contribution in [0.5, 0.6) is 0 Å². The highest BCUT2D eigenvalue weighted by molar-refractivity contribution is 7.80. The van der Waals surface area contributed by atoms with Crippen molar-refractivity contribution in [1.29, 1.82) is 0 Å². The monoisotopic (exact) mass is 368 g/mol. The number of nitrogens with one attached hydrogen (secondary N) is 1. The maximum Gasteiger partial charge on any atom is 0.325 e. The molecule has 0 aromatic heterocycles. The molecule has 0 radical (unpaired) electrons. The van der Waals surface area contributed by atoms with Crippen LogP contribution in [0.3, 0.4) is 0 Å². The molecule has 132 valence electrons. The van der Waals surface area contributed by atoms with E-state index in [0.29, 0.717) is 24.3 Å². The molecule has 1 saturated carbocycles. The second-order valence-electron chi connectivity index (χ2n) is 5.97. The quantitative estimate of drug-likeness (QED) is 0.609. The second-order valence-corrected chi connectivity index (χ2v) is 6.77. The van der Waals surface area contributed by atoms with Crippen molar-refractivity contribution in [2.75, 3.05) is 13.2 Å². The average molecular weight is 369 g/mol. The largest absolute Gasteiger partial charge is 0.465 e. The number of carbonyl (C=O) groups is 1. The Morgan fingerprint density at radius 2 is 2.04 bits per heavy atom. The number of esters is 1. The van der Waals surface area contributed by atoms with Crippen molar-refractivity contribution < 1.29 is 9.53 Å². The molecule has 0 aliphatic heterocycles. The summed E-state index contributed by atoms with van der Waals surface area (Å²) in [5, 5.41) is 4.38. The van der Waals surface area contributed by atoms with Gasteiger partial charge in [0.05, 0.1) is 6.61 Å². The molecule has 1 fully saturated rings. The minimum absolute atomic E-state index is 0.0956. The SMILES string of the molecule is CCOC(=O)CNC(=S)N(Cc1ccccc1Cl)C1CCCCC1. The van der Waals surface area contributed by atoms with Crippen molar-refractivity contribution >= 4 is 34.9 Å². The zero-order chi connectivity index (χ0) is 17.4. The maximum atomic E-state index is 11.6. The molecule has 4 nitrogen and oxygen atoms in total. The molecule has 0 bridgehead atoms. The minimum Gasteiger partial charge on any atom is -0.465 e. The van der Waals surface area contributed by atoms with E-state index in [1.165, 1.54) is 19.3 Å². The molecule has 24 heavy (non-hydrogen) atoms. The molecule has 6 heteroatoms. The molecular weight excluding hydrogens is 344 g/mol. The minimum atomic E-state index is -0.291. The number of halogens is 1. The van der Waals surface area contributed by atoms with Crippen LogP contribution in [0.15, 0.2) is 24.3 Å². The highest BCUT2D eigenvalue weighted by Gasteiger charge is 2.24. The maximum absolute atomic E-state index is 11.6. The zero-order valence-electron chi connectivity index (χ0n) is 14.1. The Balaban J connectivity index is 2.05. The van der Waals surface area contributed by atoms with E-state index in [1.54, 1.807) is 6.92 Å². The van der Waals surface area contributed by atoms with Gasteiger partial charge in [-0.05, 0) is 43.6 Å². The summed E-state index contributed by atoms with van der Waals surface area (Å²) in [5.41, 5.74) is 1.05. The normalized spacial score (nSPS) is 14.9. The van der Waals surface area contributed by atoms with Crippen molar-refractivity contribution in [2.45, 2.75) is 51.6 Å². The molecule has 1 N–H and O–H groups in total. The molecule has 1 aliphatic carbocycles. The molecule has 1 aliphatic rings. The Bertz CT molecular complexity index is 562. The Morgan fingerprint density at radius 3 is 2.71 bits per heavy atom. The van der Waals surface area contributed by atoms with Crippen LogP contribution in [0.4, 0.5) is 0 Å². The summed E-state index contributed by atoms with van der Waals surface area (Å²) in [7, 11) is 0. The first kappa shape index (κ1) is 19.0. The summed E-state index contributed by atoms with van der Waals surface area (Å²) in [6, 6.07) is 8.21. The first-order chi connectivity index (χ1) is 11.6. The predicted octanol–water partition coefficient (Wildman–Crippen LogP) is 3.91. The first-order valence-electron chi connectivity index (χ1n) is 8.55. The van der Waals surface area contributed by atoms with Crippen LogP contribution in [0.2, 0.25) is 5.02 Å². The van der Waals surface area contributed by atoms with Crippen LogP contribution >= 0.6 is 23.8 Å². The number of hydrogen-bond donors (Lipinski definition) is 1. The van der Waals surface area contributed by atoms with Gasteiger partial charge in [-0.2, -0.15) is 0 Å². The fourth-order valence-corrected chi connectivity index (χ4v) is 3.51. The van der Waals surface area contributed by atoms with E-state index < -0.39 is 0 Å². The number of carbonyl (C=O) groups excluding carboxylic acids is 1. The predicted molar refractivity (Wildman–Crippen MR) is 101 cm³/mol. The van der Waals surface area contributed by atoms with Crippen LogP contribution in [0.1, 0.15) is 44.6 Å². The van der Waals surface area contributed by atoms with E-state index in [-0.39, 0.29) is 12.5 Å². The van der Waals surface area contributed by atoms with Gasteiger partial charge in [0.25, 0.3) is 0 Å². The molecule has 0 amide bonds. The Labute approximate surface area is 154 Å². The molecule has 1 aromatic rings. The molecule has 1 aromatic carbocycles. The molecule has 2 rings (SSSR count). The van der Waals surface area contributed by atoms with Crippen molar-refractivity contribution in [3.8, 4) is 0 Å². The van der Waals surface area contributed by atoms with Gasteiger partial charge in [-0.3, -0.25) is 4.79 Å². The van der Waals surface area contributed by atoms with Crippen molar-refractivity contribution in [3.63, 3.8) is 0 Å². The van der Waals surface area contributed by atoms with Gasteiger partial charge in [0, 0.05) is 17.6 Å². The molecule has 0 atom stereocenters. The number of rotatable bonds is 6. The van der Waals surface area contributed by atoms with E-state index in [0.717, 1.165) is 23.4 Å². The highest BCUT2D eigenvalue weighted by atomic mass is 35.5.